The van der Waals surface area contributed by atoms with Gasteiger partial charge in [-0.2, -0.15) is 13.2 Å². The van der Waals surface area contributed by atoms with Crippen LogP contribution < -0.4 is 5.73 Å². The minimum Gasteiger partial charge on any atom is -0.320 e. The van der Waals surface area contributed by atoms with E-state index in [1.165, 1.54) is 6.07 Å². The fourth-order valence-corrected chi connectivity index (χ4v) is 1.08. The number of hydrogen-bond donors (Lipinski definition) is 1. The first-order valence-corrected chi connectivity index (χ1v) is 4.32. The first-order valence-electron chi connectivity index (χ1n) is 4.32. The van der Waals surface area contributed by atoms with Crippen LogP contribution in [0.4, 0.5) is 13.2 Å². The van der Waals surface area contributed by atoms with Crippen LogP contribution in [0.3, 0.4) is 0 Å². The molecule has 2 N–H and O–H groups in total. The number of aryl methyl sites for hydroxylation is 1. The van der Waals surface area contributed by atoms with E-state index in [1.54, 1.807) is 6.92 Å². The Hall–Kier alpha value is -1.47. The third-order valence-corrected chi connectivity index (χ3v) is 1.89. The first kappa shape index (κ1) is 11.6. The lowest BCUT2D eigenvalue weighted by Crippen LogP contribution is -2.05. The monoisotopic (exact) mass is 213 g/mol. The van der Waals surface area contributed by atoms with Gasteiger partial charge in [-0.15, -0.1) is 0 Å². The van der Waals surface area contributed by atoms with E-state index < -0.39 is 11.7 Å². The van der Waals surface area contributed by atoms with Crippen LogP contribution in [0.5, 0.6) is 0 Å². The molecule has 0 aliphatic rings. The van der Waals surface area contributed by atoms with Crippen LogP contribution in [0.2, 0.25) is 0 Å². The standard InChI is InChI=1S/C11H10F3N/c1-8-4-5-10(11(12,13)14)7-9(8)3-2-6-15/h4-5,7H,6,15H2,1H3. The smallest absolute Gasteiger partial charge is 0.320 e. The van der Waals surface area contributed by atoms with Gasteiger partial charge in [-0.05, 0) is 24.6 Å². The maximum absolute atomic E-state index is 12.3. The molecule has 0 radical (unpaired) electrons. The van der Waals surface area contributed by atoms with E-state index in [-0.39, 0.29) is 6.54 Å². The van der Waals surface area contributed by atoms with Crippen molar-refractivity contribution in [3.8, 4) is 11.8 Å². The summed E-state index contributed by atoms with van der Waals surface area (Å²) in [5.74, 6) is 5.14. The molecule has 1 aromatic carbocycles. The van der Waals surface area contributed by atoms with Gasteiger partial charge in [-0.1, -0.05) is 17.9 Å². The number of rotatable bonds is 0. The van der Waals surface area contributed by atoms with E-state index in [0.29, 0.717) is 11.1 Å². The number of halogens is 3. The summed E-state index contributed by atoms with van der Waals surface area (Å²) in [7, 11) is 0. The van der Waals surface area contributed by atoms with Crippen LogP contribution in [0, 0.1) is 18.8 Å². The van der Waals surface area contributed by atoms with Crippen molar-refractivity contribution < 1.29 is 13.2 Å². The summed E-state index contributed by atoms with van der Waals surface area (Å²) in [5.41, 5.74) is 5.55. The molecule has 0 fully saturated rings. The predicted molar refractivity (Wildman–Crippen MR) is 52.1 cm³/mol. The maximum atomic E-state index is 12.3. The molecule has 0 unspecified atom stereocenters. The maximum Gasteiger partial charge on any atom is 0.416 e. The van der Waals surface area contributed by atoms with Crippen molar-refractivity contribution in [1.82, 2.24) is 0 Å². The lowest BCUT2D eigenvalue weighted by molar-refractivity contribution is -0.137. The molecule has 0 aliphatic carbocycles. The fourth-order valence-electron chi connectivity index (χ4n) is 1.08. The highest BCUT2D eigenvalue weighted by atomic mass is 19.4. The molecule has 0 atom stereocenters. The Labute approximate surface area is 86.1 Å². The molecule has 0 heterocycles. The molecule has 0 amide bonds. The van der Waals surface area contributed by atoms with Crippen LogP contribution in [0.15, 0.2) is 18.2 Å². The van der Waals surface area contributed by atoms with Crippen LogP contribution in [0.1, 0.15) is 16.7 Å². The molecule has 0 saturated carbocycles. The van der Waals surface area contributed by atoms with Gasteiger partial charge in [0.05, 0.1) is 12.1 Å². The molecule has 15 heavy (non-hydrogen) atoms. The van der Waals surface area contributed by atoms with Gasteiger partial charge in [0.1, 0.15) is 0 Å². The second-order valence-electron chi connectivity index (χ2n) is 3.03. The zero-order valence-electron chi connectivity index (χ0n) is 8.15. The largest absolute Gasteiger partial charge is 0.416 e. The molecule has 0 aliphatic heterocycles. The van der Waals surface area contributed by atoms with Crippen molar-refractivity contribution in [3.05, 3.63) is 34.9 Å². The van der Waals surface area contributed by atoms with Gasteiger partial charge < -0.3 is 5.73 Å². The number of alkyl halides is 3. The van der Waals surface area contributed by atoms with Gasteiger partial charge in [-0.3, -0.25) is 0 Å². The molecule has 0 bridgehead atoms. The summed E-state index contributed by atoms with van der Waals surface area (Å²) in [6.07, 6.45) is -4.33. The highest BCUT2D eigenvalue weighted by Gasteiger charge is 2.30. The van der Waals surface area contributed by atoms with Crippen LogP contribution in [-0.2, 0) is 6.18 Å². The molecule has 0 saturated heterocycles. The Kier molecular flexibility index (Phi) is 3.38. The fraction of sp³-hybridized carbons (Fsp3) is 0.273. The molecule has 80 valence electrons. The number of hydrogen-bond acceptors (Lipinski definition) is 1. The summed E-state index contributed by atoms with van der Waals surface area (Å²) in [6.45, 7) is 1.84. The van der Waals surface area contributed by atoms with E-state index in [9.17, 15) is 13.2 Å². The highest BCUT2D eigenvalue weighted by Crippen LogP contribution is 2.30. The average Bonchev–Trinajstić information content (AvgIpc) is 2.15. The minimum atomic E-state index is -4.33. The van der Waals surface area contributed by atoms with Crippen molar-refractivity contribution in [2.45, 2.75) is 13.1 Å². The van der Waals surface area contributed by atoms with Gasteiger partial charge in [0.15, 0.2) is 0 Å². The number of nitrogens with two attached hydrogens (primary N) is 1. The average molecular weight is 213 g/mol. The van der Waals surface area contributed by atoms with E-state index in [2.05, 4.69) is 11.8 Å². The summed E-state index contributed by atoms with van der Waals surface area (Å²) in [6, 6.07) is 3.49. The Bertz CT molecular complexity index is 410. The predicted octanol–water partition coefficient (Wildman–Crippen LogP) is 2.32. The Morgan fingerprint density at radius 3 is 2.53 bits per heavy atom. The summed E-state index contributed by atoms with van der Waals surface area (Å²) < 4.78 is 37.0. The molecular weight excluding hydrogens is 203 g/mol. The van der Waals surface area contributed by atoms with E-state index in [1.807, 2.05) is 0 Å². The third kappa shape index (κ3) is 3.00. The molecule has 1 aromatic rings. The van der Waals surface area contributed by atoms with Crippen molar-refractivity contribution in [2.75, 3.05) is 6.54 Å². The van der Waals surface area contributed by atoms with Gasteiger partial charge >= 0.3 is 6.18 Å². The van der Waals surface area contributed by atoms with Gasteiger partial charge in [0.2, 0.25) is 0 Å². The van der Waals surface area contributed by atoms with Gasteiger partial charge in [0, 0.05) is 5.56 Å². The van der Waals surface area contributed by atoms with E-state index in [4.69, 9.17) is 5.73 Å². The summed E-state index contributed by atoms with van der Waals surface area (Å²) in [5, 5.41) is 0. The molecule has 1 rings (SSSR count). The topological polar surface area (TPSA) is 26.0 Å². The minimum absolute atomic E-state index is 0.135. The van der Waals surface area contributed by atoms with Crippen LogP contribution in [0.25, 0.3) is 0 Å². The number of benzene rings is 1. The zero-order valence-corrected chi connectivity index (χ0v) is 8.15. The molecule has 0 aromatic heterocycles. The lowest BCUT2D eigenvalue weighted by Gasteiger charge is -2.07. The van der Waals surface area contributed by atoms with Crippen molar-refractivity contribution in [1.29, 1.82) is 0 Å². The second-order valence-corrected chi connectivity index (χ2v) is 3.03. The zero-order chi connectivity index (χ0) is 11.5. The van der Waals surface area contributed by atoms with Crippen LogP contribution in [-0.4, -0.2) is 6.54 Å². The normalized spacial score (nSPS) is 10.7. The lowest BCUT2D eigenvalue weighted by atomic mass is 10.1. The first-order chi connectivity index (χ1) is 6.95. The highest BCUT2D eigenvalue weighted by molar-refractivity contribution is 5.44. The summed E-state index contributed by atoms with van der Waals surface area (Å²) in [4.78, 5) is 0. The SMILES string of the molecule is Cc1ccc(C(F)(F)F)cc1C#CCN. The molecule has 4 heteroatoms. The van der Waals surface area contributed by atoms with Gasteiger partial charge in [-0.25, -0.2) is 0 Å². The van der Waals surface area contributed by atoms with Crippen molar-refractivity contribution >= 4 is 0 Å². The summed E-state index contributed by atoms with van der Waals surface area (Å²) >= 11 is 0. The van der Waals surface area contributed by atoms with E-state index in [0.717, 1.165) is 12.1 Å². The Morgan fingerprint density at radius 1 is 1.33 bits per heavy atom. The third-order valence-electron chi connectivity index (χ3n) is 1.89. The molecule has 0 spiro atoms. The van der Waals surface area contributed by atoms with Crippen LogP contribution >= 0.6 is 0 Å². The molecular formula is C11H10F3N. The Balaban J connectivity index is 3.17. The van der Waals surface area contributed by atoms with E-state index >= 15 is 0 Å². The van der Waals surface area contributed by atoms with Crippen molar-refractivity contribution in [2.24, 2.45) is 5.73 Å². The molecule has 1 nitrogen and oxygen atoms in total. The van der Waals surface area contributed by atoms with Crippen molar-refractivity contribution in [3.63, 3.8) is 0 Å². The van der Waals surface area contributed by atoms with Gasteiger partial charge in [0.25, 0.3) is 0 Å². The Morgan fingerprint density at radius 2 is 2.00 bits per heavy atom. The second kappa shape index (κ2) is 4.37. The quantitative estimate of drug-likeness (QED) is 0.657.